The van der Waals surface area contributed by atoms with E-state index in [9.17, 15) is 13.6 Å². The van der Waals surface area contributed by atoms with Crippen molar-refractivity contribution in [3.63, 3.8) is 0 Å². The van der Waals surface area contributed by atoms with Gasteiger partial charge < -0.3 is 20.1 Å². The first kappa shape index (κ1) is 16.8. The van der Waals surface area contributed by atoms with Gasteiger partial charge in [0.1, 0.15) is 29.9 Å². The van der Waals surface area contributed by atoms with E-state index in [1.165, 1.54) is 4.90 Å². The van der Waals surface area contributed by atoms with Crippen LogP contribution in [-0.4, -0.2) is 58.5 Å². The summed E-state index contributed by atoms with van der Waals surface area (Å²) in [5, 5.41) is 12.8. The third-order valence-corrected chi connectivity index (χ3v) is 5.59. The van der Waals surface area contributed by atoms with E-state index in [1.54, 1.807) is 12.3 Å². The van der Waals surface area contributed by atoms with Crippen molar-refractivity contribution in [1.29, 1.82) is 5.26 Å². The minimum Gasteiger partial charge on any atom is -0.355 e. The minimum absolute atomic E-state index is 0.0458. The van der Waals surface area contributed by atoms with Gasteiger partial charge in [0.2, 0.25) is 5.91 Å². The summed E-state index contributed by atoms with van der Waals surface area (Å²) in [7, 11) is 0. The molecule has 1 aromatic rings. The Hall–Kier alpha value is -2.63. The summed E-state index contributed by atoms with van der Waals surface area (Å²) < 4.78 is 29.5. The van der Waals surface area contributed by atoms with E-state index < -0.39 is 23.9 Å². The third-order valence-electron chi connectivity index (χ3n) is 5.59. The van der Waals surface area contributed by atoms with E-state index in [1.807, 2.05) is 11.0 Å². The summed E-state index contributed by atoms with van der Waals surface area (Å²) in [5.74, 6) is -2.70. The average molecular weight is 362 g/mol. The molecule has 9 heteroatoms. The summed E-state index contributed by atoms with van der Waals surface area (Å²) in [6.07, 6.45) is 3.02. The van der Waals surface area contributed by atoms with Crippen LogP contribution in [0.15, 0.2) is 17.3 Å². The van der Waals surface area contributed by atoms with Gasteiger partial charge in [0.25, 0.3) is 5.92 Å². The highest BCUT2D eigenvalue weighted by Crippen LogP contribution is 2.49. The Bertz CT molecular complexity index is 888. The van der Waals surface area contributed by atoms with Gasteiger partial charge >= 0.3 is 0 Å². The topological polar surface area (TPSA) is 87.5 Å². The molecule has 1 spiro atoms. The lowest BCUT2D eigenvalue weighted by atomic mass is 9.76. The van der Waals surface area contributed by atoms with Crippen molar-refractivity contribution in [3.05, 3.63) is 23.0 Å². The van der Waals surface area contributed by atoms with Crippen LogP contribution < -0.4 is 16.0 Å². The molecule has 138 valence electrons. The predicted molar refractivity (Wildman–Crippen MR) is 88.0 cm³/mol. The molecule has 0 aliphatic carbocycles. The Kier molecular flexibility index (Phi) is 3.86. The molecule has 0 radical (unpaired) electrons. The summed E-state index contributed by atoms with van der Waals surface area (Å²) in [4.78, 5) is 22.8. The molecule has 0 aromatic carbocycles. The van der Waals surface area contributed by atoms with Gasteiger partial charge in [-0.15, -0.1) is 0 Å². The van der Waals surface area contributed by atoms with Crippen LogP contribution in [0.1, 0.15) is 25.7 Å². The molecule has 1 unspecified atom stereocenters. The Labute approximate surface area is 149 Å². The zero-order valence-corrected chi connectivity index (χ0v) is 14.3. The first-order valence-electron chi connectivity index (χ1n) is 8.75. The van der Waals surface area contributed by atoms with E-state index in [4.69, 9.17) is 5.26 Å². The number of nitrogens with one attached hydrogen (secondary N) is 2. The molecule has 7 nitrogen and oxygen atoms in total. The minimum atomic E-state index is -2.96. The van der Waals surface area contributed by atoms with Crippen LogP contribution in [0, 0.1) is 11.3 Å². The fraction of sp³-hybridized carbons (Fsp3) is 0.588. The van der Waals surface area contributed by atoms with E-state index in [-0.39, 0.29) is 19.4 Å². The Morgan fingerprint density at radius 1 is 1.38 bits per heavy atom. The van der Waals surface area contributed by atoms with Crippen LogP contribution in [0.5, 0.6) is 0 Å². The number of likely N-dealkylation sites (tertiary alicyclic amines) is 2. The second-order valence-corrected chi connectivity index (χ2v) is 7.01. The lowest BCUT2D eigenvalue weighted by Gasteiger charge is -2.58. The Balaban J connectivity index is 1.72. The number of aromatic nitrogens is 1. The number of nitrogens with zero attached hydrogens (tertiary/aromatic N) is 4. The molecule has 4 heterocycles. The van der Waals surface area contributed by atoms with Gasteiger partial charge in [0, 0.05) is 19.3 Å². The number of H-pyrrole nitrogens is 1. The number of alkyl halides is 2. The highest BCUT2D eigenvalue weighted by molar-refractivity contribution is 5.80. The molecule has 0 saturated carbocycles. The fourth-order valence-electron chi connectivity index (χ4n) is 4.25. The number of hydrogen-bond acceptors (Lipinski definition) is 5. The number of nitriles is 1. The van der Waals surface area contributed by atoms with Crippen molar-refractivity contribution in [2.75, 3.05) is 26.3 Å². The summed E-state index contributed by atoms with van der Waals surface area (Å²) >= 11 is 0. The molecule has 1 aromatic heterocycles. The Morgan fingerprint density at radius 2 is 2.23 bits per heavy atom. The largest absolute Gasteiger partial charge is 0.355 e. The summed E-state index contributed by atoms with van der Waals surface area (Å²) in [5.41, 5.74) is -0.813. The number of carbonyl (C=O) groups is 1. The van der Waals surface area contributed by atoms with Crippen molar-refractivity contribution in [2.24, 2.45) is 4.99 Å². The van der Waals surface area contributed by atoms with Crippen molar-refractivity contribution in [2.45, 2.75) is 37.1 Å². The van der Waals surface area contributed by atoms with Crippen LogP contribution in [0.25, 0.3) is 5.82 Å². The second kappa shape index (κ2) is 5.97. The molecule has 0 bridgehead atoms. The molecule has 2 N–H and O–H groups in total. The lowest BCUT2D eigenvalue weighted by Crippen LogP contribution is -2.79. The highest BCUT2D eigenvalue weighted by atomic mass is 19.3. The van der Waals surface area contributed by atoms with Gasteiger partial charge in [0.15, 0.2) is 0 Å². The summed E-state index contributed by atoms with van der Waals surface area (Å²) in [6.45, 7) is 0.448. The first-order chi connectivity index (χ1) is 12.5. The molecular weight excluding hydrogens is 342 g/mol. The van der Waals surface area contributed by atoms with Crippen molar-refractivity contribution in [1.82, 2.24) is 20.1 Å². The van der Waals surface area contributed by atoms with Gasteiger partial charge in [-0.2, -0.15) is 5.26 Å². The van der Waals surface area contributed by atoms with E-state index in [0.717, 1.165) is 22.9 Å². The summed E-state index contributed by atoms with van der Waals surface area (Å²) in [6, 6.07) is 3.65. The van der Waals surface area contributed by atoms with E-state index >= 15 is 0 Å². The molecule has 3 aliphatic rings. The average Bonchev–Trinajstić information content (AvgIpc) is 2.97. The number of aromatic amines is 1. The maximum atomic E-state index is 14.7. The van der Waals surface area contributed by atoms with Gasteiger partial charge in [-0.3, -0.25) is 4.79 Å². The zero-order chi connectivity index (χ0) is 18.4. The fourth-order valence-corrected chi connectivity index (χ4v) is 4.25. The van der Waals surface area contributed by atoms with Crippen molar-refractivity contribution >= 4 is 11.7 Å². The highest BCUT2D eigenvalue weighted by Gasteiger charge is 2.69. The molecule has 26 heavy (non-hydrogen) atoms. The van der Waals surface area contributed by atoms with Gasteiger partial charge in [-0.05, 0) is 25.3 Å². The predicted octanol–water partition coefficient (Wildman–Crippen LogP) is -0.123. The molecule has 1 amide bonds. The third kappa shape index (κ3) is 2.35. The molecule has 2 fully saturated rings. The number of rotatable bonds is 2. The molecule has 1 atom stereocenters. The quantitative estimate of drug-likeness (QED) is 0.768. The second-order valence-electron chi connectivity index (χ2n) is 7.01. The van der Waals surface area contributed by atoms with Crippen LogP contribution in [0.2, 0.25) is 0 Å². The lowest BCUT2D eigenvalue weighted by molar-refractivity contribution is -0.245. The molecule has 3 aliphatic heterocycles. The van der Waals surface area contributed by atoms with Crippen molar-refractivity contribution in [3.8, 4) is 6.07 Å². The number of halogens is 2. The van der Waals surface area contributed by atoms with Gasteiger partial charge in [0.05, 0.1) is 17.8 Å². The molecule has 2 saturated heterocycles. The normalized spacial score (nSPS) is 26.9. The maximum absolute atomic E-state index is 14.7. The monoisotopic (exact) mass is 362 g/mol. The van der Waals surface area contributed by atoms with Crippen molar-refractivity contribution < 1.29 is 13.6 Å². The number of amides is 1. The number of fused-ring (bicyclic) bond motifs is 1. The molecule has 4 rings (SSSR count). The van der Waals surface area contributed by atoms with Crippen LogP contribution in [0.3, 0.4) is 0 Å². The zero-order valence-electron chi connectivity index (χ0n) is 14.3. The number of hydrogen-bond donors (Lipinski definition) is 2. The first-order valence-corrected chi connectivity index (χ1v) is 8.75. The standard InChI is InChI=1S/C17H20F2N6O/c18-17(19)10-25(13(26)3-6-20)16(17)5-1-2-8-24(9-16)15-12-4-7-21-14(12)22-11-23-15/h4,7,23H,1-3,5,8-11H2,(H,21,22). The van der Waals surface area contributed by atoms with Crippen LogP contribution >= 0.6 is 0 Å². The maximum Gasteiger partial charge on any atom is 0.289 e. The van der Waals surface area contributed by atoms with E-state index in [0.29, 0.717) is 19.6 Å². The van der Waals surface area contributed by atoms with Gasteiger partial charge in [-0.1, -0.05) is 0 Å². The van der Waals surface area contributed by atoms with E-state index in [2.05, 4.69) is 15.3 Å². The van der Waals surface area contributed by atoms with Crippen LogP contribution in [0.4, 0.5) is 8.78 Å². The number of carbonyl (C=O) groups excluding carboxylic acids is 1. The van der Waals surface area contributed by atoms with Gasteiger partial charge in [-0.25, -0.2) is 13.8 Å². The Morgan fingerprint density at radius 3 is 3.00 bits per heavy atom. The smallest absolute Gasteiger partial charge is 0.289 e. The molecular formula is C17H20F2N6O. The van der Waals surface area contributed by atoms with Crippen LogP contribution in [-0.2, 0) is 4.79 Å². The SMILES string of the molecule is N#CCC(=O)N1CC(F)(F)C12CCCCN(C1=c3cc[nH]c3=NCN1)C2.